The first kappa shape index (κ1) is 17.5. The van der Waals surface area contributed by atoms with E-state index in [-0.39, 0.29) is 11.7 Å². The zero-order chi connectivity index (χ0) is 17.8. The van der Waals surface area contributed by atoms with E-state index in [1.807, 2.05) is 50.2 Å². The van der Waals surface area contributed by atoms with Gasteiger partial charge in [0.1, 0.15) is 5.75 Å². The third-order valence-corrected chi connectivity index (χ3v) is 5.28. The second-order valence-corrected chi connectivity index (χ2v) is 6.79. The minimum Gasteiger partial charge on any atom is -0.494 e. The van der Waals surface area contributed by atoms with Crippen molar-refractivity contribution in [3.63, 3.8) is 0 Å². The maximum atomic E-state index is 13.1. The van der Waals surface area contributed by atoms with Crippen molar-refractivity contribution in [1.29, 1.82) is 0 Å². The van der Waals surface area contributed by atoms with E-state index in [0.29, 0.717) is 30.7 Å². The first-order chi connectivity index (χ1) is 12.2. The van der Waals surface area contributed by atoms with Gasteiger partial charge in [0, 0.05) is 34.9 Å². The van der Waals surface area contributed by atoms with Crippen LogP contribution in [0.2, 0.25) is 0 Å². The van der Waals surface area contributed by atoms with E-state index in [0.717, 1.165) is 22.1 Å². The van der Waals surface area contributed by atoms with E-state index in [1.165, 1.54) is 0 Å². The number of benzene rings is 2. The second-order valence-electron chi connectivity index (χ2n) is 5.68. The third-order valence-electron chi connectivity index (χ3n) is 4.14. The zero-order valence-corrected chi connectivity index (χ0v) is 15.3. The molecule has 0 aromatic heterocycles. The van der Waals surface area contributed by atoms with Crippen LogP contribution in [0.3, 0.4) is 0 Å². The lowest BCUT2D eigenvalue weighted by Gasteiger charge is -2.24. The fourth-order valence-electron chi connectivity index (χ4n) is 2.94. The van der Waals surface area contributed by atoms with Crippen molar-refractivity contribution in [3.05, 3.63) is 53.6 Å². The second kappa shape index (κ2) is 7.74. The Balaban J connectivity index is 1.93. The van der Waals surface area contributed by atoms with Crippen molar-refractivity contribution in [2.45, 2.75) is 25.2 Å². The van der Waals surface area contributed by atoms with Crippen LogP contribution in [0.5, 0.6) is 5.75 Å². The van der Waals surface area contributed by atoms with Crippen molar-refractivity contribution in [2.24, 2.45) is 0 Å². The molecule has 0 fully saturated rings. The average Bonchev–Trinajstić information content (AvgIpc) is 2.64. The van der Waals surface area contributed by atoms with Crippen LogP contribution in [0.1, 0.15) is 41.0 Å². The highest BCUT2D eigenvalue weighted by molar-refractivity contribution is 7.99. The van der Waals surface area contributed by atoms with E-state index < -0.39 is 0 Å². The van der Waals surface area contributed by atoms with Gasteiger partial charge in [0.2, 0.25) is 0 Å². The van der Waals surface area contributed by atoms with Gasteiger partial charge in [-0.3, -0.25) is 9.59 Å². The molecule has 3 rings (SSSR count). The fraction of sp³-hybridized carbons (Fsp3) is 0.300. The Morgan fingerprint density at radius 2 is 1.92 bits per heavy atom. The molecule has 0 bridgehead atoms. The Labute approximate surface area is 152 Å². The van der Waals surface area contributed by atoms with Gasteiger partial charge in [-0.25, -0.2) is 0 Å². The number of thioether (sulfide) groups is 1. The van der Waals surface area contributed by atoms with Gasteiger partial charge in [-0.15, -0.1) is 11.8 Å². The number of nitrogens with zero attached hydrogens (tertiary/aromatic N) is 1. The predicted octanol–water partition coefficient (Wildman–Crippen LogP) is 4.43. The number of ketones is 1. The monoisotopic (exact) mass is 355 g/mol. The Morgan fingerprint density at radius 1 is 1.16 bits per heavy atom. The van der Waals surface area contributed by atoms with E-state index in [2.05, 4.69) is 0 Å². The molecule has 0 aliphatic carbocycles. The highest BCUT2D eigenvalue weighted by atomic mass is 32.2. The maximum Gasteiger partial charge on any atom is 0.259 e. The molecule has 5 heteroatoms. The summed E-state index contributed by atoms with van der Waals surface area (Å²) in [6.07, 6.45) is 0.533. The van der Waals surface area contributed by atoms with Crippen LogP contribution < -0.4 is 9.64 Å². The van der Waals surface area contributed by atoms with Gasteiger partial charge < -0.3 is 9.64 Å². The molecular weight excluding hydrogens is 334 g/mol. The minimum absolute atomic E-state index is 0.0780. The van der Waals surface area contributed by atoms with Crippen LogP contribution in [-0.4, -0.2) is 30.6 Å². The molecule has 1 heterocycles. The Kier molecular flexibility index (Phi) is 5.43. The molecule has 0 unspecified atom stereocenters. The molecule has 0 radical (unpaired) electrons. The molecular formula is C20H21NO3S. The number of anilines is 1. The van der Waals surface area contributed by atoms with Gasteiger partial charge in [-0.05, 0) is 44.2 Å². The van der Waals surface area contributed by atoms with Gasteiger partial charge in [0.05, 0.1) is 12.2 Å². The van der Waals surface area contributed by atoms with Gasteiger partial charge in [-0.1, -0.05) is 12.1 Å². The number of hydrogen-bond acceptors (Lipinski definition) is 4. The summed E-state index contributed by atoms with van der Waals surface area (Å²) in [5.41, 5.74) is 2.09. The normalized spacial score (nSPS) is 13.3. The Morgan fingerprint density at radius 3 is 2.60 bits per heavy atom. The lowest BCUT2D eigenvalue weighted by atomic mass is 10.0. The molecule has 25 heavy (non-hydrogen) atoms. The van der Waals surface area contributed by atoms with Crippen molar-refractivity contribution < 1.29 is 14.3 Å². The molecule has 0 saturated carbocycles. The first-order valence-corrected chi connectivity index (χ1v) is 9.48. The largest absolute Gasteiger partial charge is 0.494 e. The van der Waals surface area contributed by atoms with E-state index in [1.54, 1.807) is 22.7 Å². The number of fused-ring (bicyclic) bond motifs is 1. The molecule has 2 aromatic carbocycles. The maximum absolute atomic E-state index is 13.1. The summed E-state index contributed by atoms with van der Waals surface area (Å²) in [6.45, 7) is 5.04. The van der Waals surface area contributed by atoms with Crippen molar-refractivity contribution >= 4 is 29.1 Å². The number of rotatable bonds is 5. The summed E-state index contributed by atoms with van der Waals surface area (Å²) in [4.78, 5) is 27.8. The van der Waals surface area contributed by atoms with E-state index >= 15 is 0 Å². The number of amides is 1. The van der Waals surface area contributed by atoms with Crippen LogP contribution in [-0.2, 0) is 0 Å². The van der Waals surface area contributed by atoms with Crippen LogP contribution in [0.15, 0.2) is 47.4 Å². The van der Waals surface area contributed by atoms with Gasteiger partial charge in [-0.2, -0.15) is 0 Å². The number of ether oxygens (including phenoxy) is 1. The molecule has 0 spiro atoms. The molecule has 1 amide bonds. The topological polar surface area (TPSA) is 46.6 Å². The lowest BCUT2D eigenvalue weighted by molar-refractivity contribution is 0.0982. The van der Waals surface area contributed by atoms with Crippen molar-refractivity contribution in [1.82, 2.24) is 0 Å². The predicted molar refractivity (Wildman–Crippen MR) is 101 cm³/mol. The third kappa shape index (κ3) is 3.56. The van der Waals surface area contributed by atoms with Crippen molar-refractivity contribution in [3.8, 4) is 5.75 Å². The van der Waals surface area contributed by atoms with E-state index in [9.17, 15) is 9.59 Å². The van der Waals surface area contributed by atoms with Gasteiger partial charge in [0.15, 0.2) is 5.78 Å². The zero-order valence-electron chi connectivity index (χ0n) is 14.5. The van der Waals surface area contributed by atoms with Crippen LogP contribution in [0.25, 0.3) is 0 Å². The molecule has 0 atom stereocenters. The molecule has 1 aliphatic rings. The van der Waals surface area contributed by atoms with Crippen LogP contribution in [0.4, 0.5) is 5.69 Å². The molecule has 0 N–H and O–H groups in total. The summed E-state index contributed by atoms with van der Waals surface area (Å²) >= 11 is 1.59. The molecule has 2 aromatic rings. The number of carbonyl (C=O) groups excluding carboxylic acids is 2. The van der Waals surface area contributed by atoms with Crippen LogP contribution in [0, 0.1) is 0 Å². The smallest absolute Gasteiger partial charge is 0.259 e. The first-order valence-electron chi connectivity index (χ1n) is 8.49. The fourth-order valence-corrected chi connectivity index (χ4v) is 4.08. The quantitative estimate of drug-likeness (QED) is 0.796. The van der Waals surface area contributed by atoms with Gasteiger partial charge >= 0.3 is 0 Å². The number of carbonyl (C=O) groups is 2. The standard InChI is InChI=1S/C20H21NO3S/c1-3-21(14-8-10-15(11-9-14)24-4-2)20(23)17-7-5-6-16-18(22)12-13-25-19(16)17/h5-11H,3-4,12-13H2,1-2H3. The number of Topliss-reactive ketones (excluding diaryl/α,β-unsaturated/α-hetero) is 1. The minimum atomic E-state index is -0.0780. The average molecular weight is 355 g/mol. The van der Waals surface area contributed by atoms with E-state index in [4.69, 9.17) is 4.74 Å². The van der Waals surface area contributed by atoms with Crippen molar-refractivity contribution in [2.75, 3.05) is 23.8 Å². The Hall–Kier alpha value is -2.27. The highest BCUT2D eigenvalue weighted by Crippen LogP contribution is 2.34. The molecule has 1 aliphatic heterocycles. The molecule has 4 nitrogen and oxygen atoms in total. The number of hydrogen-bond donors (Lipinski definition) is 0. The summed E-state index contributed by atoms with van der Waals surface area (Å²) < 4.78 is 5.46. The molecule has 130 valence electrons. The summed E-state index contributed by atoms with van der Waals surface area (Å²) in [6, 6.07) is 12.9. The summed E-state index contributed by atoms with van der Waals surface area (Å²) in [7, 11) is 0. The van der Waals surface area contributed by atoms with Crippen LogP contribution >= 0.6 is 11.8 Å². The SMILES string of the molecule is CCOc1ccc(N(CC)C(=O)c2cccc3c2SCCC3=O)cc1. The Bertz CT molecular complexity index is 786. The molecule has 0 saturated heterocycles. The highest BCUT2D eigenvalue weighted by Gasteiger charge is 2.25. The van der Waals surface area contributed by atoms with Gasteiger partial charge in [0.25, 0.3) is 5.91 Å². The lowest BCUT2D eigenvalue weighted by Crippen LogP contribution is -2.31. The summed E-state index contributed by atoms with van der Waals surface area (Å²) in [5.74, 6) is 1.55. The summed E-state index contributed by atoms with van der Waals surface area (Å²) in [5, 5.41) is 0.